The Morgan fingerprint density at radius 2 is 2.05 bits per heavy atom. The number of nitrogens with one attached hydrogen (secondary N) is 1. The first-order valence-electron chi connectivity index (χ1n) is 7.22. The third-order valence-electron chi connectivity index (χ3n) is 2.91. The van der Waals surface area contributed by atoms with Gasteiger partial charge in [-0.15, -0.1) is 0 Å². The summed E-state index contributed by atoms with van der Waals surface area (Å²) in [6.45, 7) is 8.77. The molecule has 112 valence electrons. The van der Waals surface area contributed by atoms with E-state index in [2.05, 4.69) is 31.0 Å². The van der Waals surface area contributed by atoms with Crippen LogP contribution >= 0.6 is 0 Å². The Labute approximate surface area is 122 Å². The highest BCUT2D eigenvalue weighted by Gasteiger charge is 2.13. The highest BCUT2D eigenvalue weighted by molar-refractivity contribution is 5.93. The fraction of sp³-hybridized carbons (Fsp3) is 0.562. The van der Waals surface area contributed by atoms with Gasteiger partial charge < -0.3 is 10.1 Å². The van der Waals surface area contributed by atoms with Crippen LogP contribution in [-0.2, 0) is 4.79 Å². The number of rotatable bonds is 8. The van der Waals surface area contributed by atoms with Crippen LogP contribution in [0.3, 0.4) is 0 Å². The largest absolute Gasteiger partial charge is 0.495 e. The van der Waals surface area contributed by atoms with Crippen LogP contribution in [0, 0.1) is 5.92 Å². The highest BCUT2D eigenvalue weighted by atomic mass is 16.5. The van der Waals surface area contributed by atoms with E-state index in [0.717, 1.165) is 25.2 Å². The molecule has 1 amide bonds. The number of methoxy groups -OCH3 is 1. The van der Waals surface area contributed by atoms with Crippen molar-refractivity contribution in [2.24, 2.45) is 5.92 Å². The molecular formula is C16H26N2O2. The summed E-state index contributed by atoms with van der Waals surface area (Å²) in [4.78, 5) is 14.3. The zero-order chi connectivity index (χ0) is 15.0. The first-order chi connectivity index (χ1) is 9.56. The Morgan fingerprint density at radius 1 is 1.35 bits per heavy atom. The molecule has 0 unspecified atom stereocenters. The lowest BCUT2D eigenvalue weighted by Crippen LogP contribution is -2.36. The molecule has 0 heterocycles. The maximum Gasteiger partial charge on any atom is 0.238 e. The van der Waals surface area contributed by atoms with E-state index in [1.165, 1.54) is 0 Å². The molecular weight excluding hydrogens is 252 g/mol. The minimum atomic E-state index is 0.00333. The van der Waals surface area contributed by atoms with Crippen LogP contribution in [0.1, 0.15) is 27.2 Å². The number of benzene rings is 1. The van der Waals surface area contributed by atoms with Gasteiger partial charge in [0.1, 0.15) is 5.75 Å². The fourth-order valence-electron chi connectivity index (χ4n) is 2.21. The number of hydrogen-bond donors (Lipinski definition) is 1. The summed E-state index contributed by atoms with van der Waals surface area (Å²) in [6.07, 6.45) is 1.05. The van der Waals surface area contributed by atoms with Crippen molar-refractivity contribution in [2.75, 3.05) is 32.1 Å². The second kappa shape index (κ2) is 8.59. The van der Waals surface area contributed by atoms with E-state index in [1.54, 1.807) is 7.11 Å². The van der Waals surface area contributed by atoms with Crippen molar-refractivity contribution < 1.29 is 9.53 Å². The van der Waals surface area contributed by atoms with Crippen LogP contribution in [0.15, 0.2) is 24.3 Å². The standard InChI is InChI=1S/C16H26N2O2/c1-5-10-18(11-13(2)3)12-16(19)17-14-8-6-7-9-15(14)20-4/h6-9,13H,5,10-12H2,1-4H3,(H,17,19). The summed E-state index contributed by atoms with van der Waals surface area (Å²) in [6, 6.07) is 7.46. The van der Waals surface area contributed by atoms with Crippen LogP contribution in [0.4, 0.5) is 5.69 Å². The lowest BCUT2D eigenvalue weighted by Gasteiger charge is -2.23. The summed E-state index contributed by atoms with van der Waals surface area (Å²) in [5.74, 6) is 1.25. The molecule has 0 aliphatic carbocycles. The molecule has 1 aromatic rings. The molecule has 0 saturated carbocycles. The van der Waals surface area contributed by atoms with Gasteiger partial charge >= 0.3 is 0 Å². The predicted molar refractivity (Wildman–Crippen MR) is 83.2 cm³/mol. The Bertz CT molecular complexity index is 419. The van der Waals surface area contributed by atoms with Gasteiger partial charge in [0.15, 0.2) is 0 Å². The molecule has 0 aliphatic heterocycles. The number of nitrogens with zero attached hydrogens (tertiary/aromatic N) is 1. The highest BCUT2D eigenvalue weighted by Crippen LogP contribution is 2.22. The fourth-order valence-corrected chi connectivity index (χ4v) is 2.21. The maximum atomic E-state index is 12.1. The minimum Gasteiger partial charge on any atom is -0.495 e. The quantitative estimate of drug-likeness (QED) is 0.795. The number of para-hydroxylation sites is 2. The minimum absolute atomic E-state index is 0.00333. The van der Waals surface area contributed by atoms with Crippen LogP contribution in [0.2, 0.25) is 0 Å². The van der Waals surface area contributed by atoms with Gasteiger partial charge in [-0.25, -0.2) is 0 Å². The number of carbonyl (C=O) groups is 1. The number of ether oxygens (including phenoxy) is 1. The van der Waals surface area contributed by atoms with Gasteiger partial charge in [0.2, 0.25) is 5.91 Å². The van der Waals surface area contributed by atoms with Gasteiger partial charge in [-0.05, 0) is 31.0 Å². The van der Waals surface area contributed by atoms with E-state index in [1.807, 2.05) is 24.3 Å². The zero-order valence-electron chi connectivity index (χ0n) is 13.0. The molecule has 0 saturated heterocycles. The average Bonchev–Trinajstić information content (AvgIpc) is 2.38. The average molecular weight is 278 g/mol. The molecule has 0 bridgehead atoms. The number of amides is 1. The third-order valence-corrected chi connectivity index (χ3v) is 2.91. The van der Waals surface area contributed by atoms with E-state index in [4.69, 9.17) is 4.74 Å². The zero-order valence-corrected chi connectivity index (χ0v) is 13.0. The molecule has 0 atom stereocenters. The van der Waals surface area contributed by atoms with E-state index in [-0.39, 0.29) is 5.91 Å². The van der Waals surface area contributed by atoms with Crippen molar-refractivity contribution in [3.05, 3.63) is 24.3 Å². The SMILES string of the molecule is CCCN(CC(=O)Nc1ccccc1OC)CC(C)C. The van der Waals surface area contributed by atoms with Gasteiger partial charge in [-0.3, -0.25) is 9.69 Å². The first kappa shape index (κ1) is 16.5. The normalized spacial score (nSPS) is 10.9. The van der Waals surface area contributed by atoms with E-state index < -0.39 is 0 Å². The van der Waals surface area contributed by atoms with Gasteiger partial charge in [0, 0.05) is 6.54 Å². The number of hydrogen-bond acceptors (Lipinski definition) is 3. The van der Waals surface area contributed by atoms with Crippen molar-refractivity contribution in [2.45, 2.75) is 27.2 Å². The lowest BCUT2D eigenvalue weighted by atomic mass is 10.2. The number of anilines is 1. The monoisotopic (exact) mass is 278 g/mol. The van der Waals surface area contributed by atoms with Gasteiger partial charge in [0.05, 0.1) is 19.3 Å². The molecule has 1 aromatic carbocycles. The molecule has 0 aromatic heterocycles. The molecule has 1 rings (SSSR count). The van der Waals surface area contributed by atoms with Crippen LogP contribution in [0.5, 0.6) is 5.75 Å². The van der Waals surface area contributed by atoms with E-state index in [0.29, 0.717) is 18.2 Å². The molecule has 20 heavy (non-hydrogen) atoms. The molecule has 0 fully saturated rings. The van der Waals surface area contributed by atoms with Gasteiger partial charge in [-0.2, -0.15) is 0 Å². The van der Waals surface area contributed by atoms with Crippen molar-refractivity contribution in [1.29, 1.82) is 0 Å². The smallest absolute Gasteiger partial charge is 0.238 e. The van der Waals surface area contributed by atoms with Crippen molar-refractivity contribution in [1.82, 2.24) is 4.90 Å². The third kappa shape index (κ3) is 5.61. The van der Waals surface area contributed by atoms with E-state index >= 15 is 0 Å². The maximum absolute atomic E-state index is 12.1. The van der Waals surface area contributed by atoms with Crippen molar-refractivity contribution in [3.63, 3.8) is 0 Å². The summed E-state index contributed by atoms with van der Waals surface area (Å²) < 4.78 is 5.23. The Hall–Kier alpha value is -1.55. The Kier molecular flexibility index (Phi) is 7.09. The van der Waals surface area contributed by atoms with Crippen LogP contribution in [0.25, 0.3) is 0 Å². The lowest BCUT2D eigenvalue weighted by molar-refractivity contribution is -0.117. The molecule has 0 radical (unpaired) electrons. The molecule has 1 N–H and O–H groups in total. The van der Waals surface area contributed by atoms with Crippen LogP contribution in [-0.4, -0.2) is 37.6 Å². The van der Waals surface area contributed by atoms with E-state index in [9.17, 15) is 4.79 Å². The molecule has 0 spiro atoms. The summed E-state index contributed by atoms with van der Waals surface area (Å²) in [5, 5.41) is 2.92. The van der Waals surface area contributed by atoms with Crippen LogP contribution < -0.4 is 10.1 Å². The number of carbonyl (C=O) groups excluding carboxylic acids is 1. The Balaban J connectivity index is 2.60. The topological polar surface area (TPSA) is 41.6 Å². The van der Waals surface area contributed by atoms with Gasteiger partial charge in [0.25, 0.3) is 0 Å². The second-order valence-electron chi connectivity index (χ2n) is 5.38. The van der Waals surface area contributed by atoms with Gasteiger partial charge in [-0.1, -0.05) is 32.9 Å². The van der Waals surface area contributed by atoms with Crippen molar-refractivity contribution >= 4 is 11.6 Å². The second-order valence-corrected chi connectivity index (χ2v) is 5.38. The molecule has 0 aliphatic rings. The molecule has 4 heteroatoms. The van der Waals surface area contributed by atoms with Crippen molar-refractivity contribution in [3.8, 4) is 5.75 Å². The first-order valence-corrected chi connectivity index (χ1v) is 7.22. The summed E-state index contributed by atoms with van der Waals surface area (Å²) >= 11 is 0. The molecule has 4 nitrogen and oxygen atoms in total. The predicted octanol–water partition coefficient (Wildman–Crippen LogP) is 3.00. The summed E-state index contributed by atoms with van der Waals surface area (Å²) in [5.41, 5.74) is 0.723. The Morgan fingerprint density at radius 3 is 2.65 bits per heavy atom. The summed E-state index contributed by atoms with van der Waals surface area (Å²) in [7, 11) is 1.60.